The van der Waals surface area contributed by atoms with Gasteiger partial charge in [-0.3, -0.25) is 9.52 Å². The van der Waals surface area contributed by atoms with Gasteiger partial charge in [0.25, 0.3) is 15.9 Å². The molecule has 2 N–H and O–H groups in total. The monoisotopic (exact) mass is 440 g/mol. The number of methoxy groups -OCH3 is 1. The molecule has 0 heterocycles. The standard InChI is InChI=1S/C23H24N2O5S/c1-17-21(23(26)24-15-16-30-19-13-11-18(29-2)12-14-19)9-6-10-22(17)25-31(27,28)20-7-4-3-5-8-20/h3-14,25H,15-16H2,1-2H3,(H,24,26). The number of nitrogens with one attached hydrogen (secondary N) is 2. The van der Waals surface area contributed by atoms with Crippen LogP contribution in [0.15, 0.2) is 77.7 Å². The Kier molecular flexibility index (Phi) is 7.15. The fraction of sp³-hybridized carbons (Fsp3) is 0.174. The first-order valence-corrected chi connectivity index (χ1v) is 11.1. The topological polar surface area (TPSA) is 93.7 Å². The number of amides is 1. The molecule has 0 saturated carbocycles. The van der Waals surface area contributed by atoms with Crippen molar-refractivity contribution in [2.75, 3.05) is 25.0 Å². The Morgan fingerprint density at radius 2 is 1.58 bits per heavy atom. The molecule has 0 aromatic heterocycles. The number of anilines is 1. The maximum absolute atomic E-state index is 12.6. The molecule has 3 aromatic rings. The van der Waals surface area contributed by atoms with E-state index in [1.165, 1.54) is 12.1 Å². The summed E-state index contributed by atoms with van der Waals surface area (Å²) in [6.45, 7) is 2.29. The molecule has 31 heavy (non-hydrogen) atoms. The zero-order chi connectivity index (χ0) is 22.3. The molecule has 0 saturated heterocycles. The molecule has 0 aliphatic carbocycles. The average molecular weight is 441 g/mol. The second kappa shape index (κ2) is 9.99. The average Bonchev–Trinajstić information content (AvgIpc) is 2.79. The smallest absolute Gasteiger partial charge is 0.261 e. The molecule has 1 amide bonds. The van der Waals surface area contributed by atoms with Gasteiger partial charge in [-0.15, -0.1) is 0 Å². The first kappa shape index (κ1) is 22.2. The highest BCUT2D eigenvalue weighted by Crippen LogP contribution is 2.22. The Morgan fingerprint density at radius 3 is 2.26 bits per heavy atom. The highest BCUT2D eigenvalue weighted by atomic mass is 32.2. The molecule has 7 nitrogen and oxygen atoms in total. The molecule has 0 aliphatic rings. The van der Waals surface area contributed by atoms with Crippen LogP contribution in [0.1, 0.15) is 15.9 Å². The summed E-state index contributed by atoms with van der Waals surface area (Å²) in [5.74, 6) is 1.10. The van der Waals surface area contributed by atoms with Gasteiger partial charge in [0.05, 0.1) is 24.2 Å². The molecular weight excluding hydrogens is 416 g/mol. The number of rotatable bonds is 9. The van der Waals surface area contributed by atoms with Crippen molar-refractivity contribution in [3.63, 3.8) is 0 Å². The van der Waals surface area contributed by atoms with Crippen molar-refractivity contribution in [2.24, 2.45) is 0 Å². The summed E-state index contributed by atoms with van der Waals surface area (Å²) < 4.78 is 38.4. The van der Waals surface area contributed by atoms with Gasteiger partial charge >= 0.3 is 0 Å². The summed E-state index contributed by atoms with van der Waals surface area (Å²) in [6, 6.07) is 20.1. The summed E-state index contributed by atoms with van der Waals surface area (Å²) >= 11 is 0. The lowest BCUT2D eigenvalue weighted by Crippen LogP contribution is -2.29. The zero-order valence-corrected chi connectivity index (χ0v) is 18.1. The Morgan fingerprint density at radius 1 is 0.903 bits per heavy atom. The Bertz CT molecular complexity index is 1130. The van der Waals surface area contributed by atoms with Gasteiger partial charge in [0.1, 0.15) is 18.1 Å². The van der Waals surface area contributed by atoms with E-state index >= 15 is 0 Å². The van der Waals surface area contributed by atoms with Crippen LogP contribution in [0.4, 0.5) is 5.69 Å². The van der Waals surface area contributed by atoms with Crippen molar-refractivity contribution >= 4 is 21.6 Å². The summed E-state index contributed by atoms with van der Waals surface area (Å²) in [6.07, 6.45) is 0. The third-order valence-electron chi connectivity index (χ3n) is 4.59. The first-order valence-electron chi connectivity index (χ1n) is 9.63. The molecule has 0 atom stereocenters. The fourth-order valence-electron chi connectivity index (χ4n) is 2.90. The van der Waals surface area contributed by atoms with Gasteiger partial charge in [0, 0.05) is 5.56 Å². The van der Waals surface area contributed by atoms with Gasteiger partial charge in [-0.05, 0) is 61.0 Å². The van der Waals surface area contributed by atoms with E-state index in [0.717, 1.165) is 5.75 Å². The van der Waals surface area contributed by atoms with Gasteiger partial charge < -0.3 is 14.8 Å². The summed E-state index contributed by atoms with van der Waals surface area (Å²) in [4.78, 5) is 12.7. The van der Waals surface area contributed by atoms with E-state index in [1.54, 1.807) is 74.7 Å². The molecule has 0 bridgehead atoms. The van der Waals surface area contributed by atoms with Crippen LogP contribution in [-0.4, -0.2) is 34.6 Å². The van der Waals surface area contributed by atoms with Crippen LogP contribution in [0.25, 0.3) is 0 Å². The van der Waals surface area contributed by atoms with Crippen molar-refractivity contribution in [1.82, 2.24) is 5.32 Å². The number of hydrogen-bond donors (Lipinski definition) is 2. The van der Waals surface area contributed by atoms with Crippen molar-refractivity contribution in [3.05, 3.63) is 83.9 Å². The zero-order valence-electron chi connectivity index (χ0n) is 17.3. The predicted octanol–water partition coefficient (Wildman–Crippen LogP) is 3.61. The molecule has 3 aromatic carbocycles. The third-order valence-corrected chi connectivity index (χ3v) is 5.97. The largest absolute Gasteiger partial charge is 0.497 e. The van der Waals surface area contributed by atoms with Crippen LogP contribution in [-0.2, 0) is 10.0 Å². The SMILES string of the molecule is COc1ccc(OCCNC(=O)c2cccc(NS(=O)(=O)c3ccccc3)c2C)cc1. The molecule has 0 radical (unpaired) electrons. The molecule has 0 unspecified atom stereocenters. The summed E-state index contributed by atoms with van der Waals surface area (Å²) in [5, 5.41) is 2.79. The van der Waals surface area contributed by atoms with E-state index < -0.39 is 10.0 Å². The van der Waals surface area contributed by atoms with E-state index in [0.29, 0.717) is 29.1 Å². The van der Waals surface area contributed by atoms with Crippen molar-refractivity contribution in [2.45, 2.75) is 11.8 Å². The van der Waals surface area contributed by atoms with Gasteiger partial charge in [0.2, 0.25) is 0 Å². The lowest BCUT2D eigenvalue weighted by molar-refractivity contribution is 0.0946. The van der Waals surface area contributed by atoms with E-state index in [1.807, 2.05) is 0 Å². The quantitative estimate of drug-likeness (QED) is 0.496. The normalized spacial score (nSPS) is 10.9. The number of ether oxygens (including phenoxy) is 2. The van der Waals surface area contributed by atoms with E-state index in [-0.39, 0.29) is 17.4 Å². The van der Waals surface area contributed by atoms with Crippen LogP contribution >= 0.6 is 0 Å². The molecule has 8 heteroatoms. The lowest BCUT2D eigenvalue weighted by atomic mass is 10.1. The molecule has 0 spiro atoms. The van der Waals surface area contributed by atoms with Gasteiger partial charge in [0.15, 0.2) is 0 Å². The minimum Gasteiger partial charge on any atom is -0.497 e. The lowest BCUT2D eigenvalue weighted by Gasteiger charge is -2.14. The van der Waals surface area contributed by atoms with E-state index in [4.69, 9.17) is 9.47 Å². The molecule has 0 fully saturated rings. The highest BCUT2D eigenvalue weighted by molar-refractivity contribution is 7.92. The van der Waals surface area contributed by atoms with Crippen LogP contribution in [0.5, 0.6) is 11.5 Å². The maximum Gasteiger partial charge on any atom is 0.261 e. The van der Waals surface area contributed by atoms with Crippen LogP contribution in [0.2, 0.25) is 0 Å². The maximum atomic E-state index is 12.6. The van der Waals surface area contributed by atoms with Crippen molar-refractivity contribution in [1.29, 1.82) is 0 Å². The molecule has 162 valence electrons. The molecular formula is C23H24N2O5S. The minimum atomic E-state index is -3.75. The molecule has 0 aliphatic heterocycles. The first-order chi connectivity index (χ1) is 14.9. The number of carbonyl (C=O) groups is 1. The summed E-state index contributed by atoms with van der Waals surface area (Å²) in [7, 11) is -2.15. The second-order valence-corrected chi connectivity index (χ2v) is 8.36. The van der Waals surface area contributed by atoms with Gasteiger partial charge in [-0.25, -0.2) is 8.42 Å². The number of hydrogen-bond acceptors (Lipinski definition) is 5. The third kappa shape index (κ3) is 5.76. The van der Waals surface area contributed by atoms with Crippen molar-refractivity contribution in [3.8, 4) is 11.5 Å². The fourth-order valence-corrected chi connectivity index (χ4v) is 4.04. The van der Waals surface area contributed by atoms with Crippen LogP contribution in [0.3, 0.4) is 0 Å². The van der Waals surface area contributed by atoms with Gasteiger partial charge in [-0.1, -0.05) is 24.3 Å². The van der Waals surface area contributed by atoms with Crippen LogP contribution < -0.4 is 19.5 Å². The predicted molar refractivity (Wildman–Crippen MR) is 119 cm³/mol. The number of sulfonamides is 1. The Balaban J connectivity index is 1.60. The minimum absolute atomic E-state index is 0.153. The Hall–Kier alpha value is -3.52. The molecule has 3 rings (SSSR count). The van der Waals surface area contributed by atoms with Gasteiger partial charge in [-0.2, -0.15) is 0 Å². The number of benzene rings is 3. The van der Waals surface area contributed by atoms with E-state index in [2.05, 4.69) is 10.0 Å². The second-order valence-electron chi connectivity index (χ2n) is 6.68. The highest BCUT2D eigenvalue weighted by Gasteiger charge is 2.17. The van der Waals surface area contributed by atoms with Crippen molar-refractivity contribution < 1.29 is 22.7 Å². The summed E-state index contributed by atoms with van der Waals surface area (Å²) in [5.41, 5.74) is 1.28. The van der Waals surface area contributed by atoms with E-state index in [9.17, 15) is 13.2 Å². The Labute approximate surface area is 182 Å². The van der Waals surface area contributed by atoms with Crippen LogP contribution in [0, 0.1) is 6.92 Å². The number of carbonyl (C=O) groups excluding carboxylic acids is 1.